The number of halogens is 1. The Morgan fingerprint density at radius 1 is 0.652 bits per heavy atom. The number of benzene rings is 2. The van der Waals surface area contributed by atoms with Crippen LogP contribution in [0.3, 0.4) is 0 Å². The number of hydrogen-bond acceptors (Lipinski definition) is 5. The van der Waals surface area contributed by atoms with Crippen LogP contribution in [0.1, 0.15) is 11.1 Å². The maximum Gasteiger partial charge on any atom is 0.157 e. The lowest BCUT2D eigenvalue weighted by molar-refractivity contribution is 0.403. The molecule has 2 aromatic rings. The molecule has 23 heavy (non-hydrogen) atoms. The van der Waals surface area contributed by atoms with Gasteiger partial charge in [0.25, 0.3) is 0 Å². The number of nitrogens with one attached hydrogen (secondary N) is 1. The molecular weight excluding hydrogens is 322 g/mol. The van der Waals surface area contributed by atoms with E-state index in [1.165, 1.54) is 12.1 Å². The third-order valence-electron chi connectivity index (χ3n) is 3.26. The number of phenols is 4. The predicted octanol–water partition coefficient (Wildman–Crippen LogP) is 1.48. The first-order chi connectivity index (χ1) is 10.1. The Kier molecular flexibility index (Phi) is 8.87. The van der Waals surface area contributed by atoms with Crippen LogP contribution in [0.15, 0.2) is 36.4 Å². The van der Waals surface area contributed by atoms with E-state index in [4.69, 9.17) is 0 Å². The van der Waals surface area contributed by atoms with E-state index in [1.807, 2.05) is 0 Å². The highest BCUT2D eigenvalue weighted by Gasteiger charge is 2.02. The van der Waals surface area contributed by atoms with E-state index in [-0.39, 0.29) is 40.9 Å². The van der Waals surface area contributed by atoms with Crippen molar-refractivity contribution in [3.05, 3.63) is 47.5 Å². The van der Waals surface area contributed by atoms with Crippen LogP contribution in [0, 0.1) is 0 Å². The molecule has 7 N–H and O–H groups in total. The van der Waals surface area contributed by atoms with Crippen molar-refractivity contribution in [2.75, 3.05) is 13.1 Å². The van der Waals surface area contributed by atoms with Crippen molar-refractivity contribution in [3.63, 3.8) is 0 Å². The molecule has 2 rings (SSSR count). The molecule has 0 aliphatic rings. The van der Waals surface area contributed by atoms with Gasteiger partial charge < -0.3 is 31.2 Å². The molecule has 0 aliphatic heterocycles. The molecule has 0 radical (unpaired) electrons. The first kappa shape index (κ1) is 20.9. The number of hydrogen-bond donors (Lipinski definition) is 5. The van der Waals surface area contributed by atoms with Crippen LogP contribution in [-0.4, -0.2) is 39.0 Å². The fourth-order valence-electron chi connectivity index (χ4n) is 2.04. The van der Waals surface area contributed by atoms with Crippen molar-refractivity contribution in [3.8, 4) is 23.0 Å². The highest BCUT2D eigenvalue weighted by atomic mass is 35.5. The van der Waals surface area contributed by atoms with Gasteiger partial charge in [0.15, 0.2) is 23.0 Å². The molecule has 0 atom stereocenters. The summed E-state index contributed by atoms with van der Waals surface area (Å²) in [6.45, 7) is 1.49. The molecular formula is C16H22ClNO5. The van der Waals surface area contributed by atoms with Gasteiger partial charge in [-0.1, -0.05) is 12.1 Å². The van der Waals surface area contributed by atoms with E-state index < -0.39 is 0 Å². The first-order valence-corrected chi connectivity index (χ1v) is 6.78. The molecule has 2 aromatic carbocycles. The van der Waals surface area contributed by atoms with E-state index in [0.29, 0.717) is 0 Å². The summed E-state index contributed by atoms with van der Waals surface area (Å²) in [6, 6.07) is 9.60. The van der Waals surface area contributed by atoms with Crippen molar-refractivity contribution in [2.45, 2.75) is 12.8 Å². The van der Waals surface area contributed by atoms with Crippen molar-refractivity contribution in [2.24, 2.45) is 0 Å². The summed E-state index contributed by atoms with van der Waals surface area (Å²) in [5.74, 6) is -0.433. The Bertz CT molecular complexity index is 568. The Hall–Kier alpha value is -2.15. The topological polar surface area (TPSA) is 124 Å². The monoisotopic (exact) mass is 343 g/mol. The van der Waals surface area contributed by atoms with Crippen LogP contribution < -0.4 is 5.32 Å². The average molecular weight is 344 g/mol. The summed E-state index contributed by atoms with van der Waals surface area (Å²) in [7, 11) is 0. The zero-order valence-corrected chi connectivity index (χ0v) is 13.3. The molecule has 0 spiro atoms. The summed E-state index contributed by atoms with van der Waals surface area (Å²) >= 11 is 0. The highest BCUT2D eigenvalue weighted by Crippen LogP contribution is 2.25. The van der Waals surface area contributed by atoms with Gasteiger partial charge in [-0.25, -0.2) is 0 Å². The third-order valence-corrected chi connectivity index (χ3v) is 3.26. The molecule has 0 aliphatic carbocycles. The summed E-state index contributed by atoms with van der Waals surface area (Å²) in [4.78, 5) is 0. The van der Waals surface area contributed by atoms with Crippen molar-refractivity contribution >= 4 is 12.4 Å². The number of aromatic hydroxyl groups is 4. The molecule has 0 unspecified atom stereocenters. The fraction of sp³-hybridized carbons (Fsp3) is 0.250. The van der Waals surface area contributed by atoms with Gasteiger partial charge in [-0.15, -0.1) is 12.4 Å². The molecule has 0 saturated heterocycles. The van der Waals surface area contributed by atoms with Crippen molar-refractivity contribution < 1.29 is 25.9 Å². The number of rotatable bonds is 6. The minimum atomic E-state index is -0.112. The zero-order chi connectivity index (χ0) is 15.2. The molecule has 128 valence electrons. The average Bonchev–Trinajstić information content (AvgIpc) is 2.46. The molecule has 0 aromatic heterocycles. The summed E-state index contributed by atoms with van der Waals surface area (Å²) in [5, 5.41) is 40.5. The predicted molar refractivity (Wildman–Crippen MR) is 90.7 cm³/mol. The molecule has 0 bridgehead atoms. The second-order valence-corrected chi connectivity index (χ2v) is 4.90. The summed E-state index contributed by atoms with van der Waals surface area (Å²) < 4.78 is 0. The minimum absolute atomic E-state index is 0. The van der Waals surface area contributed by atoms with Gasteiger partial charge in [-0.05, 0) is 61.3 Å². The molecule has 0 heterocycles. The third kappa shape index (κ3) is 6.23. The van der Waals surface area contributed by atoms with E-state index in [1.54, 1.807) is 24.3 Å². The standard InChI is InChI=1S/C16H19NO4.ClH.H2O/c18-13-3-1-11(9-15(13)20)5-7-17-8-6-12-2-4-14(19)16(21)10-12;;/h1-4,9-10,17-21H,5-8H2;1H;1H2. The second kappa shape index (κ2) is 9.78. The van der Waals surface area contributed by atoms with Crippen LogP contribution >= 0.6 is 12.4 Å². The summed E-state index contributed by atoms with van der Waals surface area (Å²) in [6.07, 6.45) is 1.49. The lowest BCUT2D eigenvalue weighted by atomic mass is 10.1. The van der Waals surface area contributed by atoms with E-state index in [2.05, 4.69) is 5.32 Å². The Morgan fingerprint density at radius 3 is 1.39 bits per heavy atom. The van der Waals surface area contributed by atoms with Crippen LogP contribution in [-0.2, 0) is 12.8 Å². The highest BCUT2D eigenvalue weighted by molar-refractivity contribution is 5.85. The van der Waals surface area contributed by atoms with Crippen LogP contribution in [0.25, 0.3) is 0 Å². The van der Waals surface area contributed by atoms with Gasteiger partial charge in [-0.3, -0.25) is 0 Å². The Balaban J connectivity index is 0.00000242. The van der Waals surface area contributed by atoms with Crippen molar-refractivity contribution in [1.29, 1.82) is 0 Å². The van der Waals surface area contributed by atoms with Crippen molar-refractivity contribution in [1.82, 2.24) is 5.32 Å². The van der Waals surface area contributed by atoms with Crippen LogP contribution in [0.5, 0.6) is 23.0 Å². The molecule has 0 amide bonds. The smallest absolute Gasteiger partial charge is 0.157 e. The quantitative estimate of drug-likeness (QED) is 0.401. The van der Waals surface area contributed by atoms with Crippen LogP contribution in [0.4, 0.5) is 0 Å². The maximum atomic E-state index is 9.39. The van der Waals surface area contributed by atoms with E-state index >= 15 is 0 Å². The van der Waals surface area contributed by atoms with E-state index in [9.17, 15) is 20.4 Å². The Morgan fingerprint density at radius 2 is 1.04 bits per heavy atom. The Labute approximate surface area is 140 Å². The van der Waals surface area contributed by atoms with Gasteiger partial charge in [0.05, 0.1) is 0 Å². The first-order valence-electron chi connectivity index (χ1n) is 6.78. The molecule has 6 nitrogen and oxygen atoms in total. The minimum Gasteiger partial charge on any atom is -0.504 e. The van der Waals surface area contributed by atoms with Gasteiger partial charge in [-0.2, -0.15) is 0 Å². The van der Waals surface area contributed by atoms with Crippen LogP contribution in [0.2, 0.25) is 0 Å². The lowest BCUT2D eigenvalue weighted by Crippen LogP contribution is -2.20. The number of phenolic OH excluding ortho intramolecular Hbond substituents is 4. The zero-order valence-electron chi connectivity index (χ0n) is 12.5. The maximum absolute atomic E-state index is 9.39. The van der Waals surface area contributed by atoms with Gasteiger partial charge >= 0.3 is 0 Å². The molecule has 7 heteroatoms. The second-order valence-electron chi connectivity index (χ2n) is 4.90. The van der Waals surface area contributed by atoms with Gasteiger partial charge in [0.1, 0.15) is 0 Å². The lowest BCUT2D eigenvalue weighted by Gasteiger charge is -2.07. The summed E-state index contributed by atoms with van der Waals surface area (Å²) in [5.41, 5.74) is 1.89. The van der Waals surface area contributed by atoms with Gasteiger partial charge in [0.2, 0.25) is 0 Å². The fourth-order valence-corrected chi connectivity index (χ4v) is 2.04. The molecule has 0 fully saturated rings. The van der Waals surface area contributed by atoms with E-state index in [0.717, 1.165) is 37.1 Å². The normalized spacial score (nSPS) is 9.74. The van der Waals surface area contributed by atoms with Gasteiger partial charge in [0, 0.05) is 0 Å². The largest absolute Gasteiger partial charge is 0.504 e. The molecule has 0 saturated carbocycles. The SMILES string of the molecule is Cl.O.Oc1ccc(CCNCCc2ccc(O)c(O)c2)cc1O.